The molecule has 0 heterocycles. The molecule has 0 unspecified atom stereocenters. The van der Waals surface area contributed by atoms with E-state index in [1.165, 1.54) is 0 Å². The number of nitrogen functional groups attached to an aromatic ring is 1. The van der Waals surface area contributed by atoms with E-state index in [2.05, 4.69) is 4.72 Å². The first-order valence-corrected chi connectivity index (χ1v) is 7.94. The third-order valence-electron chi connectivity index (χ3n) is 2.59. The second-order valence-electron chi connectivity index (χ2n) is 4.45. The van der Waals surface area contributed by atoms with Crippen LogP contribution in [-0.2, 0) is 10.0 Å². The minimum absolute atomic E-state index is 0.0162. The molecule has 3 N–H and O–H groups in total. The van der Waals surface area contributed by atoms with Crippen molar-refractivity contribution in [3.63, 3.8) is 0 Å². The van der Waals surface area contributed by atoms with Gasteiger partial charge in [0.05, 0.1) is 22.9 Å². The van der Waals surface area contributed by atoms with Crippen molar-refractivity contribution in [3.8, 4) is 11.5 Å². The average Bonchev–Trinajstić information content (AvgIpc) is 2.40. The van der Waals surface area contributed by atoms with Crippen molar-refractivity contribution in [2.45, 2.75) is 0 Å². The van der Waals surface area contributed by atoms with Gasteiger partial charge < -0.3 is 10.5 Å². The number of hydrogen-bond donors (Lipinski definition) is 2. The predicted molar refractivity (Wildman–Crippen MR) is 82.5 cm³/mol. The summed E-state index contributed by atoms with van der Waals surface area (Å²) in [5.74, 6) is 0.385. The van der Waals surface area contributed by atoms with Crippen LogP contribution < -0.4 is 15.2 Å². The van der Waals surface area contributed by atoms with E-state index < -0.39 is 14.9 Å². The van der Waals surface area contributed by atoms with Crippen LogP contribution in [0.5, 0.6) is 11.5 Å². The van der Waals surface area contributed by atoms with Gasteiger partial charge in [0.15, 0.2) is 5.75 Å². The Hall–Kier alpha value is -2.81. The zero-order valence-electron chi connectivity index (χ0n) is 11.5. The molecule has 0 saturated carbocycles. The molecule has 0 radical (unpaired) electrons. The molecular formula is C13H13N3O5S. The highest BCUT2D eigenvalue weighted by Gasteiger charge is 2.19. The Morgan fingerprint density at radius 2 is 1.86 bits per heavy atom. The number of nitrogens with zero attached hydrogens (tertiary/aromatic N) is 1. The van der Waals surface area contributed by atoms with Crippen LogP contribution >= 0.6 is 0 Å². The van der Waals surface area contributed by atoms with E-state index in [4.69, 9.17) is 10.5 Å². The van der Waals surface area contributed by atoms with Gasteiger partial charge >= 0.3 is 0 Å². The van der Waals surface area contributed by atoms with Crippen molar-refractivity contribution in [1.82, 2.24) is 0 Å². The molecular weight excluding hydrogens is 310 g/mol. The maximum atomic E-state index is 11.4. The van der Waals surface area contributed by atoms with Gasteiger partial charge in [-0.1, -0.05) is 18.2 Å². The summed E-state index contributed by atoms with van der Waals surface area (Å²) in [7, 11) is -3.60. The monoisotopic (exact) mass is 323 g/mol. The van der Waals surface area contributed by atoms with E-state index >= 15 is 0 Å². The Morgan fingerprint density at radius 3 is 2.41 bits per heavy atom. The van der Waals surface area contributed by atoms with Crippen LogP contribution in [0.1, 0.15) is 0 Å². The summed E-state index contributed by atoms with van der Waals surface area (Å²) >= 11 is 0. The second kappa shape index (κ2) is 5.90. The fraction of sp³-hybridized carbons (Fsp3) is 0.0769. The molecule has 9 heteroatoms. The van der Waals surface area contributed by atoms with Crippen molar-refractivity contribution in [1.29, 1.82) is 0 Å². The Morgan fingerprint density at radius 1 is 1.23 bits per heavy atom. The van der Waals surface area contributed by atoms with E-state index in [0.717, 1.165) is 18.4 Å². The van der Waals surface area contributed by atoms with E-state index in [1.807, 2.05) is 0 Å². The van der Waals surface area contributed by atoms with Gasteiger partial charge in [0.2, 0.25) is 10.0 Å². The molecule has 0 spiro atoms. The fourth-order valence-corrected chi connectivity index (χ4v) is 2.28. The third-order valence-corrected chi connectivity index (χ3v) is 3.18. The smallest absolute Gasteiger partial charge is 0.295 e. The Bertz CT molecular complexity index is 806. The van der Waals surface area contributed by atoms with Crippen LogP contribution in [0, 0.1) is 10.1 Å². The lowest BCUT2D eigenvalue weighted by atomic mass is 10.2. The van der Waals surface area contributed by atoms with E-state index in [9.17, 15) is 18.5 Å². The van der Waals surface area contributed by atoms with E-state index in [1.54, 1.807) is 30.3 Å². The number of nitrogens with one attached hydrogen (secondary N) is 1. The summed E-state index contributed by atoms with van der Waals surface area (Å²) in [6.07, 6.45) is 0.955. The number of sulfonamides is 1. The maximum Gasteiger partial charge on any atom is 0.295 e. The van der Waals surface area contributed by atoms with Crippen LogP contribution in [0.2, 0.25) is 0 Å². The summed E-state index contributed by atoms with van der Waals surface area (Å²) in [4.78, 5) is 10.3. The van der Waals surface area contributed by atoms with Gasteiger partial charge in [-0.2, -0.15) is 0 Å². The summed E-state index contributed by atoms with van der Waals surface area (Å²) in [6, 6.07) is 10.7. The number of anilines is 2. The average molecular weight is 323 g/mol. The SMILES string of the molecule is CS(=O)(=O)Nc1cc(N)c([N+](=O)[O-])cc1Oc1ccccc1. The number of nitrogens with two attached hydrogens (primary N) is 1. The number of nitro benzene ring substituents is 1. The zero-order valence-corrected chi connectivity index (χ0v) is 12.3. The molecule has 0 aliphatic heterocycles. The highest BCUT2D eigenvalue weighted by molar-refractivity contribution is 7.92. The van der Waals surface area contributed by atoms with E-state index in [-0.39, 0.29) is 22.8 Å². The van der Waals surface area contributed by atoms with Crippen molar-refractivity contribution in [2.24, 2.45) is 0 Å². The number of nitro groups is 1. The van der Waals surface area contributed by atoms with Crippen molar-refractivity contribution in [3.05, 3.63) is 52.6 Å². The van der Waals surface area contributed by atoms with E-state index in [0.29, 0.717) is 5.75 Å². The number of rotatable bonds is 5. The molecule has 2 rings (SSSR count). The number of hydrogen-bond acceptors (Lipinski definition) is 6. The number of ether oxygens (including phenoxy) is 1. The maximum absolute atomic E-state index is 11.4. The minimum Gasteiger partial charge on any atom is -0.455 e. The molecule has 8 nitrogen and oxygen atoms in total. The number of para-hydroxylation sites is 1. The first-order valence-electron chi connectivity index (χ1n) is 6.05. The molecule has 0 aliphatic carbocycles. The van der Waals surface area contributed by atoms with Gasteiger partial charge in [-0.3, -0.25) is 14.8 Å². The lowest BCUT2D eigenvalue weighted by Gasteiger charge is -2.13. The normalized spacial score (nSPS) is 11.0. The van der Waals surface area contributed by atoms with Crippen LogP contribution in [0.3, 0.4) is 0 Å². The highest BCUT2D eigenvalue weighted by Crippen LogP contribution is 2.37. The molecule has 0 fully saturated rings. The third kappa shape index (κ3) is 3.85. The Balaban J connectivity index is 2.51. The lowest BCUT2D eigenvalue weighted by Crippen LogP contribution is -2.11. The molecule has 2 aromatic carbocycles. The molecule has 22 heavy (non-hydrogen) atoms. The Kier molecular flexibility index (Phi) is 4.18. The molecule has 0 bridgehead atoms. The van der Waals surface area contributed by atoms with Crippen molar-refractivity contribution < 1.29 is 18.1 Å². The molecule has 116 valence electrons. The molecule has 0 amide bonds. The van der Waals surface area contributed by atoms with Gasteiger partial charge in [-0.25, -0.2) is 8.42 Å². The van der Waals surface area contributed by atoms with Gasteiger partial charge in [0.25, 0.3) is 5.69 Å². The van der Waals surface area contributed by atoms with Gasteiger partial charge in [-0.15, -0.1) is 0 Å². The van der Waals surface area contributed by atoms with Gasteiger partial charge in [-0.05, 0) is 18.2 Å². The predicted octanol–water partition coefficient (Wildman–Crippen LogP) is 2.34. The summed E-state index contributed by atoms with van der Waals surface area (Å²) in [5.41, 5.74) is 5.05. The van der Waals surface area contributed by atoms with Crippen LogP contribution in [0.25, 0.3) is 0 Å². The molecule has 2 aromatic rings. The minimum atomic E-state index is -3.60. The lowest BCUT2D eigenvalue weighted by molar-refractivity contribution is -0.383. The summed E-state index contributed by atoms with van der Waals surface area (Å²) in [6.45, 7) is 0. The van der Waals surface area contributed by atoms with Gasteiger partial charge in [0.1, 0.15) is 11.4 Å². The number of benzene rings is 2. The second-order valence-corrected chi connectivity index (χ2v) is 6.20. The van der Waals surface area contributed by atoms with Crippen LogP contribution in [0.15, 0.2) is 42.5 Å². The quantitative estimate of drug-likeness (QED) is 0.494. The standard InChI is InChI=1S/C13H13N3O5S/c1-22(19,20)15-11-7-10(14)12(16(17)18)8-13(11)21-9-5-3-2-4-6-9/h2-8,15H,14H2,1H3. The Labute approximate surface area is 126 Å². The van der Waals surface area contributed by atoms with Crippen LogP contribution in [-0.4, -0.2) is 19.6 Å². The van der Waals surface area contributed by atoms with Crippen molar-refractivity contribution in [2.75, 3.05) is 16.7 Å². The van der Waals surface area contributed by atoms with Gasteiger partial charge in [0, 0.05) is 0 Å². The summed E-state index contributed by atoms with van der Waals surface area (Å²) in [5, 5.41) is 11.0. The molecule has 0 aromatic heterocycles. The topological polar surface area (TPSA) is 125 Å². The summed E-state index contributed by atoms with van der Waals surface area (Å²) < 4.78 is 30.5. The first-order chi connectivity index (χ1) is 10.3. The van der Waals surface area contributed by atoms with Crippen LogP contribution in [0.4, 0.5) is 17.1 Å². The highest BCUT2D eigenvalue weighted by atomic mass is 32.2. The molecule has 0 saturated heterocycles. The molecule has 0 aliphatic rings. The zero-order chi connectivity index (χ0) is 16.3. The molecule has 0 atom stereocenters. The van der Waals surface area contributed by atoms with Crippen molar-refractivity contribution >= 4 is 27.1 Å². The first kappa shape index (κ1) is 15.6. The largest absolute Gasteiger partial charge is 0.455 e. The fourth-order valence-electron chi connectivity index (χ4n) is 1.72.